The number of carbonyl (C=O) groups is 2. The van der Waals surface area contributed by atoms with E-state index in [-0.39, 0.29) is 11.8 Å². The van der Waals surface area contributed by atoms with Crippen LogP contribution in [0.15, 0.2) is 54.6 Å². The molecule has 0 bridgehead atoms. The van der Waals surface area contributed by atoms with Crippen molar-refractivity contribution in [3.05, 3.63) is 71.3 Å². The van der Waals surface area contributed by atoms with Gasteiger partial charge < -0.3 is 10.6 Å². The summed E-state index contributed by atoms with van der Waals surface area (Å²) in [6.45, 7) is 1.68. The smallest absolute Gasteiger partial charge is 0.246 e. The molecule has 0 spiro atoms. The minimum atomic E-state index is -0.610. The van der Waals surface area contributed by atoms with Gasteiger partial charge in [0.15, 0.2) is 0 Å². The molecule has 128 valence electrons. The van der Waals surface area contributed by atoms with Crippen LogP contribution in [-0.2, 0) is 22.4 Å². The Morgan fingerprint density at radius 1 is 1.04 bits per heavy atom. The lowest BCUT2D eigenvalue weighted by Gasteiger charge is -2.13. The van der Waals surface area contributed by atoms with Gasteiger partial charge in [-0.15, -0.1) is 0 Å². The third-order valence-corrected chi connectivity index (χ3v) is 4.34. The van der Waals surface area contributed by atoms with Crippen LogP contribution in [0.2, 0.25) is 0 Å². The Labute approximate surface area is 148 Å². The molecule has 4 heteroatoms. The highest BCUT2D eigenvalue weighted by atomic mass is 16.2. The fourth-order valence-electron chi connectivity index (χ4n) is 2.96. The van der Waals surface area contributed by atoms with Gasteiger partial charge in [-0.2, -0.15) is 0 Å². The minimum Gasteiger partial charge on any atom is -0.341 e. The number of fused-ring (bicyclic) bond motifs is 1. The number of hydrogen-bond donors (Lipinski definition) is 2. The van der Waals surface area contributed by atoms with E-state index in [2.05, 4.69) is 16.7 Å². The second-order valence-corrected chi connectivity index (χ2v) is 6.30. The van der Waals surface area contributed by atoms with E-state index in [1.54, 1.807) is 13.0 Å². The molecule has 0 radical (unpaired) electrons. The van der Waals surface area contributed by atoms with Gasteiger partial charge >= 0.3 is 0 Å². The largest absolute Gasteiger partial charge is 0.341 e. The first kappa shape index (κ1) is 17.0. The van der Waals surface area contributed by atoms with Gasteiger partial charge in [-0.1, -0.05) is 36.4 Å². The molecular formula is C21H22N2O2. The summed E-state index contributed by atoms with van der Waals surface area (Å²) in [5, 5.41) is 5.56. The number of anilines is 1. The summed E-state index contributed by atoms with van der Waals surface area (Å²) in [5.41, 5.74) is 4.39. The van der Waals surface area contributed by atoms with Crippen LogP contribution in [0.25, 0.3) is 6.08 Å². The Morgan fingerprint density at radius 3 is 2.60 bits per heavy atom. The molecule has 0 fully saturated rings. The number of nitrogens with one attached hydrogen (secondary N) is 2. The molecule has 2 N–H and O–H groups in total. The third kappa shape index (κ3) is 4.57. The van der Waals surface area contributed by atoms with Gasteiger partial charge in [0, 0.05) is 11.8 Å². The maximum atomic E-state index is 12.3. The van der Waals surface area contributed by atoms with E-state index in [1.807, 2.05) is 42.5 Å². The molecule has 0 saturated heterocycles. The maximum Gasteiger partial charge on any atom is 0.246 e. The van der Waals surface area contributed by atoms with Crippen LogP contribution < -0.4 is 10.6 Å². The quantitative estimate of drug-likeness (QED) is 0.824. The van der Waals surface area contributed by atoms with Gasteiger partial charge in [0.05, 0.1) is 0 Å². The molecule has 0 aliphatic heterocycles. The van der Waals surface area contributed by atoms with Crippen LogP contribution in [0, 0.1) is 0 Å². The van der Waals surface area contributed by atoms with Crippen molar-refractivity contribution in [3.8, 4) is 0 Å². The average molecular weight is 334 g/mol. The number of amides is 2. The highest BCUT2D eigenvalue weighted by molar-refractivity contribution is 5.99. The summed E-state index contributed by atoms with van der Waals surface area (Å²) in [4.78, 5) is 24.2. The van der Waals surface area contributed by atoms with E-state index in [1.165, 1.54) is 23.6 Å². The lowest BCUT2D eigenvalue weighted by atomic mass is 10.1. The second kappa shape index (κ2) is 7.79. The first-order chi connectivity index (χ1) is 12.1. The molecule has 0 saturated carbocycles. The topological polar surface area (TPSA) is 58.2 Å². The summed E-state index contributed by atoms with van der Waals surface area (Å²) in [7, 11) is 0. The Hall–Kier alpha value is -2.88. The maximum absolute atomic E-state index is 12.3. The zero-order valence-corrected chi connectivity index (χ0v) is 14.3. The summed E-state index contributed by atoms with van der Waals surface area (Å²) in [6, 6.07) is 15.0. The average Bonchev–Trinajstić information content (AvgIpc) is 3.08. The van der Waals surface area contributed by atoms with E-state index < -0.39 is 6.04 Å². The number of rotatable bonds is 5. The highest BCUT2D eigenvalue weighted by Crippen LogP contribution is 2.24. The van der Waals surface area contributed by atoms with Gasteiger partial charge in [-0.3, -0.25) is 9.59 Å². The van der Waals surface area contributed by atoms with E-state index in [4.69, 9.17) is 0 Å². The Bertz CT molecular complexity index is 797. The van der Waals surface area contributed by atoms with Crippen molar-refractivity contribution in [2.75, 3.05) is 5.32 Å². The molecule has 0 aromatic heterocycles. The summed E-state index contributed by atoms with van der Waals surface area (Å²) in [5.74, 6) is -0.514. The van der Waals surface area contributed by atoms with Crippen LogP contribution in [0.5, 0.6) is 0 Å². The summed E-state index contributed by atoms with van der Waals surface area (Å²) >= 11 is 0. The van der Waals surface area contributed by atoms with Crippen molar-refractivity contribution in [2.45, 2.75) is 32.2 Å². The monoisotopic (exact) mass is 334 g/mol. The summed E-state index contributed by atoms with van der Waals surface area (Å²) in [6.07, 6.45) is 6.52. The van der Waals surface area contributed by atoms with Gasteiger partial charge in [0.25, 0.3) is 0 Å². The van der Waals surface area contributed by atoms with Crippen LogP contribution in [0.3, 0.4) is 0 Å². The predicted molar refractivity (Wildman–Crippen MR) is 100 cm³/mol. The lowest BCUT2D eigenvalue weighted by Crippen LogP contribution is -2.40. The van der Waals surface area contributed by atoms with Crippen LogP contribution >= 0.6 is 0 Å². The highest BCUT2D eigenvalue weighted by Gasteiger charge is 2.16. The van der Waals surface area contributed by atoms with Crippen LogP contribution in [0.1, 0.15) is 30.0 Å². The fraction of sp³-hybridized carbons (Fsp3) is 0.238. The summed E-state index contributed by atoms with van der Waals surface area (Å²) < 4.78 is 0. The van der Waals surface area contributed by atoms with E-state index in [0.29, 0.717) is 0 Å². The van der Waals surface area contributed by atoms with Crippen molar-refractivity contribution in [1.29, 1.82) is 0 Å². The predicted octanol–water partition coefficient (Wildman–Crippen LogP) is 3.33. The second-order valence-electron chi connectivity index (χ2n) is 6.30. The normalized spacial score (nSPS) is 14.1. The molecule has 1 aliphatic carbocycles. The first-order valence-corrected chi connectivity index (χ1v) is 8.58. The molecule has 4 nitrogen and oxygen atoms in total. The molecule has 1 atom stereocenters. The number of carbonyl (C=O) groups excluding carboxylic acids is 2. The Kier molecular flexibility index (Phi) is 5.29. The van der Waals surface area contributed by atoms with E-state index in [0.717, 1.165) is 24.1 Å². The molecule has 1 aliphatic rings. The standard InChI is InChI=1S/C21H22N2O2/c1-15(22-20(24)13-10-16-6-3-2-4-7-16)21(25)23-19-12-11-17-8-5-9-18(17)14-19/h2-4,6-7,10-15H,5,8-9H2,1H3,(H,22,24)(H,23,25)/b13-10+/t15-/m0/s1. The molecule has 25 heavy (non-hydrogen) atoms. The lowest BCUT2D eigenvalue weighted by molar-refractivity contribution is -0.123. The molecule has 0 unspecified atom stereocenters. The number of hydrogen-bond acceptors (Lipinski definition) is 2. The van der Waals surface area contributed by atoms with Crippen molar-refractivity contribution in [3.63, 3.8) is 0 Å². The van der Waals surface area contributed by atoms with Gasteiger partial charge in [-0.25, -0.2) is 0 Å². The SMILES string of the molecule is C[C@H](NC(=O)/C=C/c1ccccc1)C(=O)Nc1ccc2c(c1)CCC2. The molecule has 2 aromatic carbocycles. The van der Waals surface area contributed by atoms with Gasteiger partial charge in [0.1, 0.15) is 6.04 Å². The number of aryl methyl sites for hydroxylation is 2. The van der Waals surface area contributed by atoms with Crippen LogP contribution in [-0.4, -0.2) is 17.9 Å². The molecule has 2 amide bonds. The van der Waals surface area contributed by atoms with Crippen molar-refractivity contribution < 1.29 is 9.59 Å². The number of benzene rings is 2. The van der Waals surface area contributed by atoms with Crippen molar-refractivity contribution in [2.24, 2.45) is 0 Å². The third-order valence-electron chi connectivity index (χ3n) is 4.34. The van der Waals surface area contributed by atoms with Gasteiger partial charge in [0.2, 0.25) is 11.8 Å². The zero-order valence-electron chi connectivity index (χ0n) is 14.3. The van der Waals surface area contributed by atoms with Crippen molar-refractivity contribution >= 4 is 23.6 Å². The fourth-order valence-corrected chi connectivity index (χ4v) is 2.96. The van der Waals surface area contributed by atoms with Crippen molar-refractivity contribution in [1.82, 2.24) is 5.32 Å². The zero-order chi connectivity index (χ0) is 17.6. The molecule has 3 rings (SSSR count). The van der Waals surface area contributed by atoms with E-state index >= 15 is 0 Å². The molecule has 0 heterocycles. The minimum absolute atomic E-state index is 0.223. The first-order valence-electron chi connectivity index (χ1n) is 8.58. The molecular weight excluding hydrogens is 312 g/mol. The van der Waals surface area contributed by atoms with Crippen LogP contribution in [0.4, 0.5) is 5.69 Å². The van der Waals surface area contributed by atoms with E-state index in [9.17, 15) is 9.59 Å². The van der Waals surface area contributed by atoms with Gasteiger partial charge in [-0.05, 0) is 61.1 Å². The molecule has 2 aromatic rings. The Balaban J connectivity index is 1.53. The Morgan fingerprint density at radius 2 is 1.80 bits per heavy atom.